The molecule has 2 amide bonds. The van der Waals surface area contributed by atoms with Gasteiger partial charge in [0.25, 0.3) is 0 Å². The van der Waals surface area contributed by atoms with Crippen molar-refractivity contribution in [2.75, 3.05) is 39.5 Å². The fourth-order valence-electron chi connectivity index (χ4n) is 1.35. The summed E-state index contributed by atoms with van der Waals surface area (Å²) in [6, 6.07) is 0. The first-order valence-corrected chi connectivity index (χ1v) is 7.25. The standard InChI is InChI=1S/C14H28N2O4/c1-4-15-13(17)6-9-19-10-7-16-14(18)11-20-8-5-12(2)3/h12H,4-11H2,1-3H3,(H,15,17)(H,16,18). The van der Waals surface area contributed by atoms with E-state index in [0.717, 1.165) is 6.42 Å². The van der Waals surface area contributed by atoms with E-state index in [2.05, 4.69) is 24.5 Å². The van der Waals surface area contributed by atoms with Crippen LogP contribution in [0.5, 0.6) is 0 Å². The highest BCUT2D eigenvalue weighted by Crippen LogP contribution is 1.98. The van der Waals surface area contributed by atoms with E-state index in [-0.39, 0.29) is 18.4 Å². The molecular weight excluding hydrogens is 260 g/mol. The van der Waals surface area contributed by atoms with Crippen LogP contribution in [0.15, 0.2) is 0 Å². The highest BCUT2D eigenvalue weighted by Gasteiger charge is 2.02. The minimum Gasteiger partial charge on any atom is -0.379 e. The minimum absolute atomic E-state index is 0.0184. The average Bonchev–Trinajstić information content (AvgIpc) is 2.39. The van der Waals surface area contributed by atoms with Crippen LogP contribution in [0, 0.1) is 5.92 Å². The molecule has 6 nitrogen and oxygen atoms in total. The molecule has 0 aromatic carbocycles. The van der Waals surface area contributed by atoms with Crippen molar-refractivity contribution in [2.45, 2.75) is 33.6 Å². The molecule has 0 atom stereocenters. The molecule has 0 fully saturated rings. The molecular formula is C14H28N2O4. The van der Waals surface area contributed by atoms with Gasteiger partial charge in [-0.15, -0.1) is 0 Å². The summed E-state index contributed by atoms with van der Waals surface area (Å²) < 4.78 is 10.5. The zero-order chi connectivity index (χ0) is 15.2. The summed E-state index contributed by atoms with van der Waals surface area (Å²) in [6.45, 7) is 8.62. The molecule has 0 radical (unpaired) electrons. The van der Waals surface area contributed by atoms with E-state index in [1.807, 2.05) is 6.92 Å². The summed E-state index contributed by atoms with van der Waals surface area (Å²) in [5.41, 5.74) is 0. The van der Waals surface area contributed by atoms with Gasteiger partial charge in [0.1, 0.15) is 6.61 Å². The van der Waals surface area contributed by atoms with Crippen LogP contribution in [0.2, 0.25) is 0 Å². The molecule has 0 aliphatic carbocycles. The lowest BCUT2D eigenvalue weighted by molar-refractivity contribution is -0.126. The zero-order valence-electron chi connectivity index (χ0n) is 12.9. The highest BCUT2D eigenvalue weighted by atomic mass is 16.5. The normalized spacial score (nSPS) is 10.6. The van der Waals surface area contributed by atoms with Gasteiger partial charge in [-0.1, -0.05) is 13.8 Å². The number of carbonyl (C=O) groups excluding carboxylic acids is 2. The maximum absolute atomic E-state index is 11.4. The largest absolute Gasteiger partial charge is 0.379 e. The van der Waals surface area contributed by atoms with Crippen molar-refractivity contribution in [1.82, 2.24) is 10.6 Å². The fourth-order valence-corrected chi connectivity index (χ4v) is 1.35. The molecule has 0 heterocycles. The van der Waals surface area contributed by atoms with E-state index in [9.17, 15) is 9.59 Å². The summed E-state index contributed by atoms with van der Waals surface area (Å²) in [5, 5.41) is 5.38. The molecule has 0 bridgehead atoms. The quantitative estimate of drug-likeness (QED) is 0.519. The van der Waals surface area contributed by atoms with Gasteiger partial charge in [0.2, 0.25) is 11.8 Å². The van der Waals surface area contributed by atoms with E-state index in [1.165, 1.54) is 0 Å². The number of carbonyl (C=O) groups is 2. The van der Waals surface area contributed by atoms with Crippen LogP contribution in [0.4, 0.5) is 0 Å². The molecule has 0 unspecified atom stereocenters. The Morgan fingerprint density at radius 1 is 1.00 bits per heavy atom. The number of ether oxygens (including phenoxy) is 2. The van der Waals surface area contributed by atoms with Crippen LogP contribution in [-0.4, -0.2) is 51.3 Å². The van der Waals surface area contributed by atoms with Crippen molar-refractivity contribution < 1.29 is 19.1 Å². The topological polar surface area (TPSA) is 76.7 Å². The number of hydrogen-bond donors (Lipinski definition) is 2. The molecule has 2 N–H and O–H groups in total. The monoisotopic (exact) mass is 288 g/mol. The van der Waals surface area contributed by atoms with Crippen LogP contribution in [0.3, 0.4) is 0 Å². The summed E-state index contributed by atoms with van der Waals surface area (Å²) in [4.78, 5) is 22.5. The molecule has 0 aliphatic rings. The van der Waals surface area contributed by atoms with Crippen molar-refractivity contribution >= 4 is 11.8 Å². The Balaban J connectivity index is 3.29. The van der Waals surface area contributed by atoms with E-state index < -0.39 is 0 Å². The van der Waals surface area contributed by atoms with Crippen molar-refractivity contribution in [3.8, 4) is 0 Å². The molecule has 0 saturated carbocycles. The van der Waals surface area contributed by atoms with Crippen molar-refractivity contribution in [3.63, 3.8) is 0 Å². The lowest BCUT2D eigenvalue weighted by Crippen LogP contribution is -2.31. The lowest BCUT2D eigenvalue weighted by atomic mass is 10.1. The molecule has 0 saturated heterocycles. The van der Waals surface area contributed by atoms with Gasteiger partial charge >= 0.3 is 0 Å². The summed E-state index contributed by atoms with van der Waals surface area (Å²) in [7, 11) is 0. The summed E-state index contributed by atoms with van der Waals surface area (Å²) >= 11 is 0. The first-order valence-electron chi connectivity index (χ1n) is 7.25. The second-order valence-corrected chi connectivity index (χ2v) is 4.90. The van der Waals surface area contributed by atoms with Crippen LogP contribution in [0.25, 0.3) is 0 Å². The Hall–Kier alpha value is -1.14. The van der Waals surface area contributed by atoms with E-state index >= 15 is 0 Å². The van der Waals surface area contributed by atoms with Gasteiger partial charge in [-0.3, -0.25) is 9.59 Å². The van der Waals surface area contributed by atoms with Gasteiger partial charge in [0, 0.05) is 26.1 Å². The Morgan fingerprint density at radius 2 is 1.75 bits per heavy atom. The average molecular weight is 288 g/mol. The van der Waals surface area contributed by atoms with Crippen LogP contribution in [-0.2, 0) is 19.1 Å². The Kier molecular flexibility index (Phi) is 12.1. The predicted molar refractivity (Wildman–Crippen MR) is 77.4 cm³/mol. The van der Waals surface area contributed by atoms with E-state index in [0.29, 0.717) is 45.2 Å². The van der Waals surface area contributed by atoms with Crippen molar-refractivity contribution in [3.05, 3.63) is 0 Å². The molecule has 6 heteroatoms. The maximum atomic E-state index is 11.4. The molecule has 0 aromatic heterocycles. The fraction of sp³-hybridized carbons (Fsp3) is 0.857. The van der Waals surface area contributed by atoms with Gasteiger partial charge in [0.15, 0.2) is 0 Å². The smallest absolute Gasteiger partial charge is 0.246 e. The van der Waals surface area contributed by atoms with Crippen LogP contribution >= 0.6 is 0 Å². The van der Waals surface area contributed by atoms with Gasteiger partial charge in [-0.05, 0) is 19.3 Å². The van der Waals surface area contributed by atoms with Gasteiger partial charge in [0.05, 0.1) is 13.2 Å². The third-order valence-electron chi connectivity index (χ3n) is 2.49. The number of hydrogen-bond acceptors (Lipinski definition) is 4. The van der Waals surface area contributed by atoms with Crippen LogP contribution < -0.4 is 10.6 Å². The minimum atomic E-state index is -0.138. The Morgan fingerprint density at radius 3 is 2.40 bits per heavy atom. The SMILES string of the molecule is CCNC(=O)CCOCCNC(=O)COCCC(C)C. The van der Waals surface area contributed by atoms with Crippen molar-refractivity contribution in [1.29, 1.82) is 0 Å². The van der Waals surface area contributed by atoms with E-state index in [4.69, 9.17) is 9.47 Å². The zero-order valence-corrected chi connectivity index (χ0v) is 12.9. The molecule has 20 heavy (non-hydrogen) atoms. The second kappa shape index (κ2) is 12.9. The first kappa shape index (κ1) is 18.9. The van der Waals surface area contributed by atoms with Gasteiger partial charge in [-0.2, -0.15) is 0 Å². The summed E-state index contributed by atoms with van der Waals surface area (Å²) in [6.07, 6.45) is 1.30. The maximum Gasteiger partial charge on any atom is 0.246 e. The Labute approximate surface area is 121 Å². The molecule has 0 spiro atoms. The molecule has 0 rings (SSSR count). The Bertz CT molecular complexity index is 270. The predicted octanol–water partition coefficient (Wildman–Crippen LogP) is 0.708. The first-order chi connectivity index (χ1) is 9.56. The lowest BCUT2D eigenvalue weighted by Gasteiger charge is -2.08. The van der Waals surface area contributed by atoms with Crippen LogP contribution in [0.1, 0.15) is 33.6 Å². The second-order valence-electron chi connectivity index (χ2n) is 4.90. The van der Waals surface area contributed by atoms with Gasteiger partial charge in [-0.25, -0.2) is 0 Å². The number of rotatable bonds is 12. The molecule has 0 aliphatic heterocycles. The summed E-state index contributed by atoms with van der Waals surface area (Å²) in [5.74, 6) is 0.424. The van der Waals surface area contributed by atoms with E-state index in [1.54, 1.807) is 0 Å². The third-order valence-corrected chi connectivity index (χ3v) is 2.49. The molecule has 118 valence electrons. The van der Waals surface area contributed by atoms with Crippen molar-refractivity contribution in [2.24, 2.45) is 5.92 Å². The highest BCUT2D eigenvalue weighted by molar-refractivity contribution is 5.77. The number of amides is 2. The number of nitrogens with one attached hydrogen (secondary N) is 2. The molecule has 0 aromatic rings. The van der Waals surface area contributed by atoms with Gasteiger partial charge < -0.3 is 20.1 Å². The third kappa shape index (κ3) is 13.3.